The number of rotatable bonds is 4. The van der Waals surface area contributed by atoms with Crippen LogP contribution < -0.4 is 16.3 Å². The molecule has 0 amide bonds. The van der Waals surface area contributed by atoms with E-state index in [1.165, 1.54) is 0 Å². The van der Waals surface area contributed by atoms with Crippen molar-refractivity contribution >= 4 is 5.69 Å². The molecule has 4 aromatic rings. The van der Waals surface area contributed by atoms with Crippen molar-refractivity contribution in [1.29, 1.82) is 0 Å². The van der Waals surface area contributed by atoms with Crippen molar-refractivity contribution in [3.63, 3.8) is 0 Å². The zero-order valence-corrected chi connectivity index (χ0v) is 19.2. The van der Waals surface area contributed by atoms with Gasteiger partial charge in [-0.3, -0.25) is 9.13 Å². The van der Waals surface area contributed by atoms with Gasteiger partial charge in [0.2, 0.25) is 0 Å². The molecule has 0 bridgehead atoms. The summed E-state index contributed by atoms with van der Waals surface area (Å²) in [7, 11) is 1.88. The molecule has 0 aliphatic carbocycles. The highest BCUT2D eigenvalue weighted by molar-refractivity contribution is 5.55. The van der Waals surface area contributed by atoms with Crippen LogP contribution in [-0.2, 0) is 13.0 Å². The quantitative estimate of drug-likeness (QED) is 0.503. The summed E-state index contributed by atoms with van der Waals surface area (Å²) in [5, 5.41) is 11.4. The molecule has 7 nitrogen and oxygen atoms in total. The van der Waals surface area contributed by atoms with Crippen molar-refractivity contribution in [2.24, 2.45) is 0 Å². The number of fused-ring (bicyclic) bond motifs is 1. The number of halogens is 1. The van der Waals surface area contributed by atoms with Crippen LogP contribution in [0.1, 0.15) is 27.9 Å². The van der Waals surface area contributed by atoms with E-state index in [-0.39, 0.29) is 11.5 Å². The normalized spacial score (nSPS) is 13.2. The Labute approximate surface area is 191 Å². The third kappa shape index (κ3) is 3.47. The van der Waals surface area contributed by atoms with E-state index in [1.54, 1.807) is 52.2 Å². The SMILES string of the molecule is CNc1ccc(-n2ccn(-c3c4c(nn3-c3cc(C)c(F)c(C)c3)CCNC4)c2=O)cc1C. The molecular weight excluding hydrogens is 419 g/mol. The average molecular weight is 447 g/mol. The van der Waals surface area contributed by atoms with Crippen LogP contribution in [0.15, 0.2) is 47.5 Å². The summed E-state index contributed by atoms with van der Waals surface area (Å²) in [5.41, 5.74) is 6.47. The van der Waals surface area contributed by atoms with Crippen molar-refractivity contribution in [2.45, 2.75) is 33.7 Å². The van der Waals surface area contributed by atoms with Crippen molar-refractivity contribution < 1.29 is 4.39 Å². The average Bonchev–Trinajstić information content (AvgIpc) is 3.37. The Morgan fingerprint density at radius 2 is 1.70 bits per heavy atom. The second-order valence-electron chi connectivity index (χ2n) is 8.55. The van der Waals surface area contributed by atoms with Crippen molar-refractivity contribution in [3.05, 3.63) is 87.0 Å². The molecule has 3 heterocycles. The van der Waals surface area contributed by atoms with E-state index in [1.807, 2.05) is 32.2 Å². The van der Waals surface area contributed by atoms with Gasteiger partial charge >= 0.3 is 5.69 Å². The summed E-state index contributed by atoms with van der Waals surface area (Å²) in [6.45, 7) is 6.95. The minimum absolute atomic E-state index is 0.184. The van der Waals surface area contributed by atoms with Crippen LogP contribution in [0.4, 0.5) is 10.1 Å². The van der Waals surface area contributed by atoms with Crippen LogP contribution >= 0.6 is 0 Å². The van der Waals surface area contributed by atoms with Crippen LogP contribution in [0.2, 0.25) is 0 Å². The first-order valence-electron chi connectivity index (χ1n) is 11.1. The first-order valence-corrected chi connectivity index (χ1v) is 11.1. The van der Waals surface area contributed by atoms with Crippen LogP contribution in [0.5, 0.6) is 0 Å². The van der Waals surface area contributed by atoms with Gasteiger partial charge in [0.1, 0.15) is 11.6 Å². The molecule has 1 aliphatic heterocycles. The first-order chi connectivity index (χ1) is 15.9. The summed E-state index contributed by atoms with van der Waals surface area (Å²) < 4.78 is 19.4. The number of hydrogen-bond acceptors (Lipinski definition) is 4. The Balaban J connectivity index is 1.70. The second-order valence-corrected chi connectivity index (χ2v) is 8.55. The van der Waals surface area contributed by atoms with Gasteiger partial charge in [0.15, 0.2) is 0 Å². The molecule has 2 aromatic heterocycles. The Bertz CT molecular complexity index is 1400. The monoisotopic (exact) mass is 446 g/mol. The molecule has 0 atom stereocenters. The van der Waals surface area contributed by atoms with E-state index >= 15 is 0 Å². The fourth-order valence-electron chi connectivity index (χ4n) is 4.57. The number of aromatic nitrogens is 4. The zero-order chi connectivity index (χ0) is 23.3. The van der Waals surface area contributed by atoms with Gasteiger partial charge in [0, 0.05) is 50.2 Å². The van der Waals surface area contributed by atoms with Crippen molar-refractivity contribution in [1.82, 2.24) is 24.2 Å². The molecular formula is C25H27FN6O. The minimum atomic E-state index is -0.220. The molecule has 0 radical (unpaired) electrons. The van der Waals surface area contributed by atoms with E-state index in [0.717, 1.165) is 46.8 Å². The molecule has 2 N–H and O–H groups in total. The molecule has 2 aromatic carbocycles. The number of benzene rings is 2. The van der Waals surface area contributed by atoms with Gasteiger partial charge in [0.25, 0.3) is 0 Å². The fraction of sp³-hybridized carbons (Fsp3) is 0.280. The maximum absolute atomic E-state index is 14.3. The van der Waals surface area contributed by atoms with E-state index in [2.05, 4.69) is 10.6 Å². The van der Waals surface area contributed by atoms with Gasteiger partial charge in [-0.15, -0.1) is 0 Å². The maximum atomic E-state index is 14.3. The topological polar surface area (TPSA) is 68.8 Å². The van der Waals surface area contributed by atoms with E-state index in [0.29, 0.717) is 23.5 Å². The molecule has 170 valence electrons. The molecule has 0 saturated carbocycles. The number of aryl methyl sites for hydroxylation is 3. The summed E-state index contributed by atoms with van der Waals surface area (Å²) in [6, 6.07) is 9.43. The maximum Gasteiger partial charge on any atom is 0.338 e. The number of anilines is 1. The molecule has 0 fully saturated rings. The number of nitrogens with zero attached hydrogens (tertiary/aromatic N) is 4. The fourth-order valence-corrected chi connectivity index (χ4v) is 4.57. The van der Waals surface area contributed by atoms with E-state index in [9.17, 15) is 9.18 Å². The van der Waals surface area contributed by atoms with E-state index in [4.69, 9.17) is 5.10 Å². The zero-order valence-electron chi connectivity index (χ0n) is 19.2. The largest absolute Gasteiger partial charge is 0.388 e. The van der Waals surface area contributed by atoms with Crippen LogP contribution in [0.25, 0.3) is 17.2 Å². The molecule has 8 heteroatoms. The van der Waals surface area contributed by atoms with Crippen LogP contribution in [-0.4, -0.2) is 32.5 Å². The first kappa shape index (κ1) is 21.2. The lowest BCUT2D eigenvalue weighted by Crippen LogP contribution is -2.27. The molecule has 1 aliphatic rings. The highest BCUT2D eigenvalue weighted by atomic mass is 19.1. The smallest absolute Gasteiger partial charge is 0.338 e. The molecule has 33 heavy (non-hydrogen) atoms. The third-order valence-electron chi connectivity index (χ3n) is 6.31. The molecule has 0 spiro atoms. The Kier molecular flexibility index (Phi) is 5.17. The van der Waals surface area contributed by atoms with Crippen LogP contribution in [0, 0.1) is 26.6 Å². The van der Waals surface area contributed by atoms with Gasteiger partial charge < -0.3 is 10.6 Å². The van der Waals surface area contributed by atoms with Crippen molar-refractivity contribution in [3.8, 4) is 17.2 Å². The number of nitrogens with one attached hydrogen (secondary N) is 2. The third-order valence-corrected chi connectivity index (χ3v) is 6.31. The van der Waals surface area contributed by atoms with Crippen molar-refractivity contribution in [2.75, 3.05) is 18.9 Å². The lowest BCUT2D eigenvalue weighted by Gasteiger charge is -2.14. The lowest BCUT2D eigenvalue weighted by molar-refractivity contribution is 0.608. The minimum Gasteiger partial charge on any atom is -0.388 e. The lowest BCUT2D eigenvalue weighted by atomic mass is 10.1. The Morgan fingerprint density at radius 3 is 2.39 bits per heavy atom. The van der Waals surface area contributed by atoms with Gasteiger partial charge in [-0.2, -0.15) is 5.10 Å². The molecule has 0 unspecified atom stereocenters. The summed E-state index contributed by atoms with van der Waals surface area (Å²) >= 11 is 0. The van der Waals surface area contributed by atoms with E-state index < -0.39 is 0 Å². The number of hydrogen-bond donors (Lipinski definition) is 2. The molecule has 5 rings (SSSR count). The summed E-state index contributed by atoms with van der Waals surface area (Å²) in [6.07, 6.45) is 4.32. The Hall–Kier alpha value is -3.65. The van der Waals surface area contributed by atoms with Crippen LogP contribution in [0.3, 0.4) is 0 Å². The summed E-state index contributed by atoms with van der Waals surface area (Å²) in [4.78, 5) is 13.6. The highest BCUT2D eigenvalue weighted by Gasteiger charge is 2.25. The van der Waals surface area contributed by atoms with Gasteiger partial charge in [-0.05, 0) is 67.8 Å². The van der Waals surface area contributed by atoms with Gasteiger partial charge in [-0.25, -0.2) is 13.9 Å². The van der Waals surface area contributed by atoms with Gasteiger partial charge in [-0.1, -0.05) is 0 Å². The Morgan fingerprint density at radius 1 is 1.00 bits per heavy atom. The second kappa shape index (κ2) is 8.04. The van der Waals surface area contributed by atoms with Gasteiger partial charge in [0.05, 0.1) is 17.1 Å². The number of imidazole rings is 1. The predicted octanol–water partition coefficient (Wildman–Crippen LogP) is 3.57. The predicted molar refractivity (Wildman–Crippen MR) is 128 cm³/mol. The standard InChI is InChI=1S/C25H27FN6O/c1-15-11-18(5-6-21(15)27-4)30-9-10-31(25(30)33)24-20-14-28-8-7-22(20)29-32(24)19-12-16(2)23(26)17(3)13-19/h5-6,9-13,27-28H,7-8,14H2,1-4H3. The summed E-state index contributed by atoms with van der Waals surface area (Å²) in [5.74, 6) is 0.470. The highest BCUT2D eigenvalue weighted by Crippen LogP contribution is 2.27. The molecule has 0 saturated heterocycles.